The number of hydrogen-bond acceptors (Lipinski definition) is 2. The Morgan fingerprint density at radius 1 is 1.40 bits per heavy atom. The predicted molar refractivity (Wildman–Crippen MR) is 74.9 cm³/mol. The van der Waals surface area contributed by atoms with Gasteiger partial charge in [0.15, 0.2) is 0 Å². The number of benzene rings is 1. The van der Waals surface area contributed by atoms with Crippen molar-refractivity contribution in [3.8, 4) is 0 Å². The summed E-state index contributed by atoms with van der Waals surface area (Å²) >= 11 is 0. The minimum Gasteiger partial charge on any atom is -0.344 e. The van der Waals surface area contributed by atoms with Gasteiger partial charge in [0.05, 0.1) is 5.69 Å². The number of hydrogen-bond donors (Lipinski definition) is 1. The fraction of sp³-hybridized carbons (Fsp3) is 0.467. The Bertz CT molecular complexity index is 531. The number of nitrogens with zero attached hydrogens (tertiary/aromatic N) is 1. The van der Waals surface area contributed by atoms with Crippen LogP contribution in [0.1, 0.15) is 31.7 Å². The summed E-state index contributed by atoms with van der Waals surface area (Å²) in [5.74, 6) is -0.824. The first-order valence-electron chi connectivity index (χ1n) is 6.89. The fourth-order valence-electron chi connectivity index (χ4n) is 2.39. The molecule has 1 atom stereocenters. The second kappa shape index (κ2) is 6.03. The zero-order valence-electron chi connectivity index (χ0n) is 11.8. The van der Waals surface area contributed by atoms with E-state index in [0.717, 1.165) is 12.0 Å². The van der Waals surface area contributed by atoms with E-state index in [-0.39, 0.29) is 30.5 Å². The molecule has 1 saturated heterocycles. The molecule has 0 spiro atoms. The average molecular weight is 278 g/mol. The summed E-state index contributed by atoms with van der Waals surface area (Å²) < 4.78 is 14.1. The number of carbonyl (C=O) groups is 2. The van der Waals surface area contributed by atoms with Gasteiger partial charge in [-0.05, 0) is 31.0 Å². The van der Waals surface area contributed by atoms with Crippen LogP contribution in [0.5, 0.6) is 0 Å². The molecule has 2 amide bonds. The molecule has 108 valence electrons. The van der Waals surface area contributed by atoms with Crippen LogP contribution in [0.3, 0.4) is 0 Å². The number of nitrogens with one attached hydrogen (secondary N) is 1. The van der Waals surface area contributed by atoms with Crippen LogP contribution in [0.2, 0.25) is 0 Å². The lowest BCUT2D eigenvalue weighted by molar-refractivity contribution is -0.125. The van der Waals surface area contributed by atoms with Gasteiger partial charge in [0.25, 0.3) is 0 Å². The maximum Gasteiger partial charge on any atom is 0.249 e. The highest BCUT2D eigenvalue weighted by molar-refractivity contribution is 6.01. The first-order valence-corrected chi connectivity index (χ1v) is 6.89. The Morgan fingerprint density at radius 3 is 2.80 bits per heavy atom. The molecule has 2 rings (SSSR count). The number of rotatable bonds is 3. The highest BCUT2D eigenvalue weighted by Gasteiger charge is 2.31. The van der Waals surface area contributed by atoms with Crippen molar-refractivity contribution >= 4 is 17.5 Å². The van der Waals surface area contributed by atoms with E-state index in [1.165, 1.54) is 11.0 Å². The number of aryl methyl sites for hydroxylation is 1. The number of anilines is 1. The smallest absolute Gasteiger partial charge is 0.249 e. The molecular formula is C15H19FN2O2. The Hall–Kier alpha value is -1.91. The van der Waals surface area contributed by atoms with Crippen molar-refractivity contribution < 1.29 is 14.0 Å². The van der Waals surface area contributed by atoms with E-state index in [4.69, 9.17) is 0 Å². The number of halogens is 1. The third-order valence-corrected chi connectivity index (χ3v) is 3.43. The van der Waals surface area contributed by atoms with Gasteiger partial charge in [0, 0.05) is 13.0 Å². The van der Waals surface area contributed by atoms with Crippen LogP contribution in [0.25, 0.3) is 0 Å². The van der Waals surface area contributed by atoms with Crippen LogP contribution >= 0.6 is 0 Å². The van der Waals surface area contributed by atoms with E-state index in [1.807, 2.05) is 6.92 Å². The zero-order chi connectivity index (χ0) is 14.7. The Kier molecular flexibility index (Phi) is 4.37. The standard InChI is InChI=1S/C15H19FN2O2/c1-3-4-12-15(20)18(8-7-14(19)17-12)13-6-5-10(2)9-11(13)16/h5-6,9,12H,3-4,7-8H2,1-2H3,(H,17,19). The summed E-state index contributed by atoms with van der Waals surface area (Å²) in [4.78, 5) is 25.5. The van der Waals surface area contributed by atoms with Crippen LogP contribution in [-0.2, 0) is 9.59 Å². The van der Waals surface area contributed by atoms with E-state index in [2.05, 4.69) is 5.32 Å². The lowest BCUT2D eigenvalue weighted by Crippen LogP contribution is -2.45. The minimum atomic E-state index is -0.560. The van der Waals surface area contributed by atoms with Gasteiger partial charge in [-0.1, -0.05) is 19.4 Å². The molecule has 0 bridgehead atoms. The van der Waals surface area contributed by atoms with E-state index in [0.29, 0.717) is 6.42 Å². The van der Waals surface area contributed by atoms with E-state index in [9.17, 15) is 14.0 Å². The fourth-order valence-corrected chi connectivity index (χ4v) is 2.39. The Labute approximate surface area is 118 Å². The van der Waals surface area contributed by atoms with Gasteiger partial charge in [0.1, 0.15) is 11.9 Å². The summed E-state index contributed by atoms with van der Waals surface area (Å²) in [7, 11) is 0. The molecule has 4 nitrogen and oxygen atoms in total. The molecule has 1 aliphatic rings. The number of carbonyl (C=O) groups excluding carboxylic acids is 2. The molecular weight excluding hydrogens is 259 g/mol. The lowest BCUT2D eigenvalue weighted by atomic mass is 10.1. The summed E-state index contributed by atoms with van der Waals surface area (Å²) in [6.45, 7) is 3.95. The third-order valence-electron chi connectivity index (χ3n) is 3.43. The minimum absolute atomic E-state index is 0.160. The molecule has 1 heterocycles. The SMILES string of the molecule is CCCC1NC(=O)CCN(c2ccc(C)cc2F)C1=O. The first-order chi connectivity index (χ1) is 9.52. The van der Waals surface area contributed by atoms with Crippen LogP contribution in [0.4, 0.5) is 10.1 Å². The van der Waals surface area contributed by atoms with Crippen LogP contribution in [-0.4, -0.2) is 24.4 Å². The van der Waals surface area contributed by atoms with Gasteiger partial charge in [0.2, 0.25) is 11.8 Å². The molecule has 0 aromatic heterocycles. The van der Waals surface area contributed by atoms with E-state index >= 15 is 0 Å². The normalized spacial score (nSPS) is 19.8. The molecule has 20 heavy (non-hydrogen) atoms. The number of amides is 2. The second-order valence-electron chi connectivity index (χ2n) is 5.10. The topological polar surface area (TPSA) is 49.4 Å². The van der Waals surface area contributed by atoms with Gasteiger partial charge in [-0.25, -0.2) is 4.39 Å². The highest BCUT2D eigenvalue weighted by atomic mass is 19.1. The third kappa shape index (κ3) is 2.98. The van der Waals surface area contributed by atoms with Crippen molar-refractivity contribution in [2.45, 2.75) is 39.2 Å². The van der Waals surface area contributed by atoms with Gasteiger partial charge in [-0.2, -0.15) is 0 Å². The predicted octanol–water partition coefficient (Wildman–Crippen LogP) is 2.16. The van der Waals surface area contributed by atoms with Crippen molar-refractivity contribution in [2.24, 2.45) is 0 Å². The molecule has 1 N–H and O–H groups in total. The van der Waals surface area contributed by atoms with Crippen molar-refractivity contribution in [2.75, 3.05) is 11.4 Å². The zero-order valence-corrected chi connectivity index (χ0v) is 11.8. The van der Waals surface area contributed by atoms with Crippen LogP contribution in [0, 0.1) is 12.7 Å². The van der Waals surface area contributed by atoms with Gasteiger partial charge < -0.3 is 10.2 Å². The highest BCUT2D eigenvalue weighted by Crippen LogP contribution is 2.23. The second-order valence-corrected chi connectivity index (χ2v) is 5.10. The lowest BCUT2D eigenvalue weighted by Gasteiger charge is -2.24. The van der Waals surface area contributed by atoms with Crippen molar-refractivity contribution in [3.05, 3.63) is 29.6 Å². The summed E-state index contributed by atoms with van der Waals surface area (Å²) in [6, 6.07) is 4.20. The average Bonchev–Trinajstić information content (AvgIpc) is 2.52. The van der Waals surface area contributed by atoms with E-state index in [1.54, 1.807) is 19.1 Å². The summed E-state index contributed by atoms with van der Waals surface area (Å²) in [5, 5.41) is 2.71. The summed E-state index contributed by atoms with van der Waals surface area (Å²) in [6.07, 6.45) is 1.54. The van der Waals surface area contributed by atoms with Gasteiger partial charge in [-0.3, -0.25) is 9.59 Å². The maximum atomic E-state index is 14.1. The van der Waals surface area contributed by atoms with Crippen molar-refractivity contribution in [1.29, 1.82) is 0 Å². The Morgan fingerprint density at radius 2 is 2.15 bits per heavy atom. The Balaban J connectivity index is 2.33. The largest absolute Gasteiger partial charge is 0.344 e. The monoisotopic (exact) mass is 278 g/mol. The van der Waals surface area contributed by atoms with Crippen LogP contribution < -0.4 is 10.2 Å². The summed E-state index contributed by atoms with van der Waals surface area (Å²) in [5.41, 5.74) is 1.05. The molecule has 1 fully saturated rings. The molecule has 0 aliphatic carbocycles. The van der Waals surface area contributed by atoms with E-state index < -0.39 is 11.9 Å². The quantitative estimate of drug-likeness (QED) is 0.921. The van der Waals surface area contributed by atoms with Crippen LogP contribution in [0.15, 0.2) is 18.2 Å². The molecule has 1 unspecified atom stereocenters. The maximum absolute atomic E-state index is 14.1. The van der Waals surface area contributed by atoms with Crippen molar-refractivity contribution in [1.82, 2.24) is 5.32 Å². The van der Waals surface area contributed by atoms with Gasteiger partial charge >= 0.3 is 0 Å². The first kappa shape index (κ1) is 14.5. The molecule has 1 aliphatic heterocycles. The van der Waals surface area contributed by atoms with Gasteiger partial charge in [-0.15, -0.1) is 0 Å². The molecule has 5 heteroatoms. The van der Waals surface area contributed by atoms with Crippen molar-refractivity contribution in [3.63, 3.8) is 0 Å². The molecule has 1 aromatic carbocycles. The molecule has 1 aromatic rings. The molecule has 0 saturated carbocycles. The molecule has 0 radical (unpaired) electrons.